The lowest BCUT2D eigenvalue weighted by Crippen LogP contribution is -2.36. The number of methoxy groups -OCH3 is 1. The van der Waals surface area contributed by atoms with Crippen molar-refractivity contribution in [2.75, 3.05) is 25.1 Å². The van der Waals surface area contributed by atoms with Gasteiger partial charge in [0.15, 0.2) is 11.6 Å². The van der Waals surface area contributed by atoms with Crippen LogP contribution in [0.4, 0.5) is 14.5 Å². The lowest BCUT2D eigenvalue weighted by Gasteiger charge is -2.28. The average Bonchev–Trinajstić information content (AvgIpc) is 3.27. The molecule has 1 aliphatic heterocycles. The Morgan fingerprint density at radius 3 is 2.88 bits per heavy atom. The Kier molecular flexibility index (Phi) is 6.41. The van der Waals surface area contributed by atoms with Gasteiger partial charge in [0, 0.05) is 37.4 Å². The molecular weight excluding hydrogens is 414 g/mol. The molecule has 0 aliphatic carbocycles. The van der Waals surface area contributed by atoms with Crippen LogP contribution >= 0.6 is 0 Å². The molecule has 0 bridgehead atoms. The maximum absolute atomic E-state index is 14.4. The lowest BCUT2D eigenvalue weighted by atomic mass is 10.0. The Bertz CT molecular complexity index is 1140. The van der Waals surface area contributed by atoms with Gasteiger partial charge in [-0.1, -0.05) is 6.07 Å². The van der Waals surface area contributed by atoms with Gasteiger partial charge in [-0.2, -0.15) is 0 Å². The van der Waals surface area contributed by atoms with Gasteiger partial charge in [0.1, 0.15) is 23.1 Å². The molecule has 2 aromatic carbocycles. The first-order chi connectivity index (χ1) is 15.5. The van der Waals surface area contributed by atoms with Crippen LogP contribution < -0.4 is 15.4 Å². The minimum Gasteiger partial charge on any atom is -0.496 e. The number of nitrogens with two attached hydrogens (primary N) is 1. The van der Waals surface area contributed by atoms with E-state index in [1.54, 1.807) is 12.1 Å². The van der Waals surface area contributed by atoms with Crippen molar-refractivity contribution in [3.63, 3.8) is 0 Å². The highest BCUT2D eigenvalue weighted by Gasteiger charge is 2.26. The van der Waals surface area contributed by atoms with Crippen LogP contribution in [0.15, 0.2) is 48.7 Å². The minimum absolute atomic E-state index is 0.0491. The van der Waals surface area contributed by atoms with E-state index >= 15 is 0 Å². The number of Topliss-reactive ketones (excluding diaryl/α,β-unsaturated/α-hetero) is 1. The molecule has 2 N–H and O–H groups in total. The smallest absolute Gasteiger partial charge is 0.185 e. The summed E-state index contributed by atoms with van der Waals surface area (Å²) in [4.78, 5) is 23.6. The van der Waals surface area contributed by atoms with Gasteiger partial charge in [-0.3, -0.25) is 4.79 Å². The molecule has 0 radical (unpaired) electrons. The second kappa shape index (κ2) is 9.40. The standard InChI is InChI=1S/C24H24F2N4O2/c1-32-22-6-2-5-18(26)23(22)24-28-10-9-19(29-24)21(31)13-15-12-16(25)7-8-20(15)30-11-3-4-17(30)14-27/h2,5-10,12,17H,3-4,11,13-14,27H2,1H3/t17-/m1/s1. The van der Waals surface area contributed by atoms with Crippen molar-refractivity contribution in [2.24, 2.45) is 5.73 Å². The summed E-state index contributed by atoms with van der Waals surface area (Å²) in [6.45, 7) is 1.30. The van der Waals surface area contributed by atoms with Crippen molar-refractivity contribution in [3.8, 4) is 17.1 Å². The number of benzene rings is 2. The highest BCUT2D eigenvalue weighted by atomic mass is 19.1. The Morgan fingerprint density at radius 1 is 1.25 bits per heavy atom. The predicted octanol–water partition coefficient (Wildman–Crippen LogP) is 3.78. The summed E-state index contributed by atoms with van der Waals surface area (Å²) in [7, 11) is 1.42. The maximum Gasteiger partial charge on any atom is 0.185 e. The molecule has 4 rings (SSSR count). The average molecular weight is 438 g/mol. The molecule has 3 aromatic rings. The molecule has 1 aromatic heterocycles. The SMILES string of the molecule is COc1cccc(F)c1-c1nccc(C(=O)Cc2cc(F)ccc2N2CCC[C@@H]2CN)n1. The summed E-state index contributed by atoms with van der Waals surface area (Å²) < 4.78 is 33.7. The van der Waals surface area contributed by atoms with E-state index in [0.717, 1.165) is 25.1 Å². The van der Waals surface area contributed by atoms with Gasteiger partial charge in [0.25, 0.3) is 0 Å². The summed E-state index contributed by atoms with van der Waals surface area (Å²) in [5.74, 6) is -0.973. The molecule has 8 heteroatoms. The summed E-state index contributed by atoms with van der Waals surface area (Å²) in [6.07, 6.45) is 3.30. The van der Waals surface area contributed by atoms with E-state index in [2.05, 4.69) is 14.9 Å². The molecule has 0 amide bonds. The van der Waals surface area contributed by atoms with Crippen LogP contribution in [0, 0.1) is 11.6 Å². The molecule has 1 fully saturated rings. The van der Waals surface area contributed by atoms with Crippen LogP contribution in [0.25, 0.3) is 11.4 Å². The van der Waals surface area contributed by atoms with Gasteiger partial charge in [-0.05, 0) is 54.8 Å². The number of halogens is 2. The number of aromatic nitrogens is 2. The van der Waals surface area contributed by atoms with Crippen molar-refractivity contribution < 1.29 is 18.3 Å². The highest BCUT2D eigenvalue weighted by molar-refractivity contribution is 5.97. The van der Waals surface area contributed by atoms with E-state index in [1.807, 2.05) is 0 Å². The number of hydrogen-bond acceptors (Lipinski definition) is 6. The molecule has 1 aliphatic rings. The van der Waals surface area contributed by atoms with Gasteiger partial charge in [0.2, 0.25) is 0 Å². The number of nitrogens with zero attached hydrogens (tertiary/aromatic N) is 3. The normalized spacial score (nSPS) is 15.8. The van der Waals surface area contributed by atoms with Crippen molar-refractivity contribution >= 4 is 11.5 Å². The van der Waals surface area contributed by atoms with Crippen LogP contribution in [-0.2, 0) is 6.42 Å². The van der Waals surface area contributed by atoms with Crippen LogP contribution in [0.2, 0.25) is 0 Å². The molecule has 1 saturated heterocycles. The number of ether oxygens (including phenoxy) is 1. The van der Waals surface area contributed by atoms with Gasteiger partial charge in [-0.25, -0.2) is 18.7 Å². The second-order valence-electron chi connectivity index (χ2n) is 7.68. The van der Waals surface area contributed by atoms with E-state index in [1.165, 1.54) is 43.6 Å². The van der Waals surface area contributed by atoms with Gasteiger partial charge < -0.3 is 15.4 Å². The van der Waals surface area contributed by atoms with E-state index in [4.69, 9.17) is 10.5 Å². The fourth-order valence-corrected chi connectivity index (χ4v) is 4.16. The zero-order chi connectivity index (χ0) is 22.7. The van der Waals surface area contributed by atoms with Gasteiger partial charge in [0.05, 0.1) is 12.7 Å². The third-order valence-corrected chi connectivity index (χ3v) is 5.71. The summed E-state index contributed by atoms with van der Waals surface area (Å²) >= 11 is 0. The number of ketones is 1. The van der Waals surface area contributed by atoms with Crippen molar-refractivity contribution in [1.29, 1.82) is 0 Å². The molecule has 2 heterocycles. The third-order valence-electron chi connectivity index (χ3n) is 5.71. The molecule has 32 heavy (non-hydrogen) atoms. The predicted molar refractivity (Wildman–Crippen MR) is 118 cm³/mol. The monoisotopic (exact) mass is 438 g/mol. The van der Waals surface area contributed by atoms with Crippen LogP contribution in [-0.4, -0.2) is 42.0 Å². The van der Waals surface area contributed by atoms with Crippen LogP contribution in [0.1, 0.15) is 28.9 Å². The Hall–Kier alpha value is -3.39. The fraction of sp³-hybridized carbons (Fsp3) is 0.292. The molecule has 0 spiro atoms. The quantitative estimate of drug-likeness (QED) is 0.566. The van der Waals surface area contributed by atoms with Crippen molar-refractivity contribution in [3.05, 3.63) is 71.6 Å². The summed E-state index contributed by atoms with van der Waals surface area (Å²) in [6, 6.07) is 10.5. The van der Waals surface area contributed by atoms with Crippen molar-refractivity contribution in [1.82, 2.24) is 9.97 Å². The molecule has 6 nitrogen and oxygen atoms in total. The third kappa shape index (κ3) is 4.31. The molecule has 1 atom stereocenters. The second-order valence-corrected chi connectivity index (χ2v) is 7.68. The zero-order valence-corrected chi connectivity index (χ0v) is 17.7. The molecular formula is C24H24F2N4O2. The largest absolute Gasteiger partial charge is 0.496 e. The Morgan fingerprint density at radius 2 is 2.09 bits per heavy atom. The number of carbonyl (C=O) groups is 1. The Labute approximate surface area is 185 Å². The number of hydrogen-bond donors (Lipinski definition) is 1. The topological polar surface area (TPSA) is 81.3 Å². The highest BCUT2D eigenvalue weighted by Crippen LogP contribution is 2.31. The Balaban J connectivity index is 1.65. The number of carbonyl (C=O) groups excluding carboxylic acids is 1. The van der Waals surface area contributed by atoms with E-state index < -0.39 is 11.6 Å². The van der Waals surface area contributed by atoms with E-state index in [0.29, 0.717) is 12.1 Å². The first-order valence-electron chi connectivity index (χ1n) is 10.5. The van der Waals surface area contributed by atoms with Crippen LogP contribution in [0.3, 0.4) is 0 Å². The first kappa shape index (κ1) is 21.8. The van der Waals surface area contributed by atoms with Gasteiger partial charge in [-0.15, -0.1) is 0 Å². The van der Waals surface area contributed by atoms with Gasteiger partial charge >= 0.3 is 0 Å². The zero-order valence-electron chi connectivity index (χ0n) is 17.7. The molecule has 166 valence electrons. The summed E-state index contributed by atoms with van der Waals surface area (Å²) in [5, 5.41) is 0. The van der Waals surface area contributed by atoms with E-state index in [-0.39, 0.29) is 41.1 Å². The number of anilines is 1. The first-order valence-corrected chi connectivity index (χ1v) is 10.5. The van der Waals surface area contributed by atoms with E-state index in [9.17, 15) is 13.6 Å². The fourth-order valence-electron chi connectivity index (χ4n) is 4.16. The van der Waals surface area contributed by atoms with Crippen LogP contribution in [0.5, 0.6) is 5.75 Å². The minimum atomic E-state index is -0.553. The maximum atomic E-state index is 14.4. The molecule has 0 unspecified atom stereocenters. The van der Waals surface area contributed by atoms with Crippen molar-refractivity contribution in [2.45, 2.75) is 25.3 Å². The summed E-state index contributed by atoms with van der Waals surface area (Å²) in [5.41, 5.74) is 7.47. The molecule has 0 saturated carbocycles. The number of rotatable bonds is 7. The lowest BCUT2D eigenvalue weighted by molar-refractivity contribution is 0.0988.